The number of rotatable bonds is 2. The van der Waals surface area contributed by atoms with Crippen molar-refractivity contribution in [1.29, 1.82) is 0 Å². The zero-order valence-electron chi connectivity index (χ0n) is 10.5. The average Bonchev–Trinajstić information content (AvgIpc) is 2.74. The van der Waals surface area contributed by atoms with Gasteiger partial charge in [-0.15, -0.1) is 11.8 Å². The number of nitrogens with zero attached hydrogens (tertiary/aromatic N) is 1. The first kappa shape index (κ1) is 13.7. The monoisotopic (exact) mass is 324 g/mol. The molecule has 2 nitrogen and oxygen atoms in total. The van der Waals surface area contributed by atoms with Gasteiger partial charge < -0.3 is 4.98 Å². The highest BCUT2D eigenvalue weighted by atomic mass is 35.5. The minimum Gasteiger partial charge on any atom is -0.330 e. The molecule has 3 rings (SSSR count). The summed E-state index contributed by atoms with van der Waals surface area (Å²) in [5, 5.41) is 0.0845. The van der Waals surface area contributed by atoms with Crippen molar-refractivity contribution in [3.05, 3.63) is 52.0 Å². The Bertz CT molecular complexity index is 854. The van der Waals surface area contributed by atoms with E-state index in [1.807, 2.05) is 35.1 Å². The second-order valence-corrected chi connectivity index (χ2v) is 5.92. The summed E-state index contributed by atoms with van der Waals surface area (Å²) in [6.45, 7) is 0. The normalized spacial score (nSPS) is 11.2. The Kier molecular flexibility index (Phi) is 3.58. The van der Waals surface area contributed by atoms with E-state index in [9.17, 15) is 4.39 Å². The van der Waals surface area contributed by atoms with Gasteiger partial charge in [-0.2, -0.15) is 0 Å². The molecule has 1 heterocycles. The summed E-state index contributed by atoms with van der Waals surface area (Å²) in [6.07, 6.45) is 2.01. The lowest BCUT2D eigenvalue weighted by Gasteiger charge is -2.06. The molecule has 0 aliphatic heterocycles. The number of hydrogen-bond donors (Lipinski definition) is 1. The molecule has 0 spiro atoms. The van der Waals surface area contributed by atoms with E-state index in [1.54, 1.807) is 17.8 Å². The lowest BCUT2D eigenvalue weighted by atomic mass is 10.2. The van der Waals surface area contributed by atoms with Gasteiger partial charge in [-0.3, -0.25) is 4.57 Å². The molecule has 0 saturated heterocycles. The zero-order chi connectivity index (χ0) is 14.3. The predicted octanol–water partition coefficient (Wildman–Crippen LogP) is 5.20. The van der Waals surface area contributed by atoms with Crippen molar-refractivity contribution in [3.63, 3.8) is 0 Å². The molecule has 0 bridgehead atoms. The van der Waals surface area contributed by atoms with E-state index < -0.39 is 5.82 Å². The molecule has 2 aromatic carbocycles. The summed E-state index contributed by atoms with van der Waals surface area (Å²) in [5.74, 6) is -0.458. The maximum absolute atomic E-state index is 13.5. The number of H-pyrrole nitrogens is 1. The summed E-state index contributed by atoms with van der Waals surface area (Å²) in [4.78, 5) is 4.13. The lowest BCUT2D eigenvalue weighted by Crippen LogP contribution is -1.94. The van der Waals surface area contributed by atoms with Crippen LogP contribution in [0.4, 0.5) is 4.39 Å². The van der Waals surface area contributed by atoms with Crippen LogP contribution in [0.1, 0.15) is 0 Å². The van der Waals surface area contributed by atoms with Crippen molar-refractivity contribution in [2.24, 2.45) is 0 Å². The van der Waals surface area contributed by atoms with Crippen LogP contribution in [0.3, 0.4) is 0 Å². The number of nitrogens with one attached hydrogen (secondary N) is 1. The van der Waals surface area contributed by atoms with E-state index >= 15 is 0 Å². The molecule has 3 aromatic rings. The summed E-state index contributed by atoms with van der Waals surface area (Å²) >= 11 is 12.9. The quantitative estimate of drug-likeness (QED) is 0.516. The summed E-state index contributed by atoms with van der Waals surface area (Å²) in [5.41, 5.74) is 2.32. The van der Waals surface area contributed by atoms with Crippen molar-refractivity contribution >= 4 is 46.6 Å². The third-order valence-corrected chi connectivity index (χ3v) is 4.34. The van der Waals surface area contributed by atoms with Crippen LogP contribution in [0.25, 0.3) is 16.7 Å². The number of aromatic nitrogens is 2. The van der Waals surface area contributed by atoms with Crippen molar-refractivity contribution in [2.45, 2.75) is 4.90 Å². The van der Waals surface area contributed by atoms with Crippen LogP contribution < -0.4 is 0 Å². The average molecular weight is 325 g/mol. The summed E-state index contributed by atoms with van der Waals surface area (Å²) in [6, 6.07) is 10.9. The maximum atomic E-state index is 13.5. The van der Waals surface area contributed by atoms with Crippen molar-refractivity contribution in [2.75, 3.05) is 6.26 Å². The van der Waals surface area contributed by atoms with Crippen LogP contribution in [0.15, 0.2) is 41.3 Å². The first-order valence-corrected chi connectivity index (χ1v) is 7.85. The summed E-state index contributed by atoms with van der Waals surface area (Å²) < 4.78 is 15.9. The molecule has 1 aromatic heterocycles. The molecule has 6 heteroatoms. The Labute approximate surface area is 129 Å². The van der Waals surface area contributed by atoms with E-state index in [1.165, 1.54) is 6.07 Å². The first-order valence-electron chi connectivity index (χ1n) is 5.84. The topological polar surface area (TPSA) is 20.7 Å². The van der Waals surface area contributed by atoms with Gasteiger partial charge >= 0.3 is 0 Å². The molecule has 0 aliphatic rings. The maximum Gasteiger partial charge on any atom is 0.182 e. The van der Waals surface area contributed by atoms with E-state index in [0.717, 1.165) is 16.1 Å². The minimum atomic E-state index is -0.458. The largest absolute Gasteiger partial charge is 0.330 e. The second kappa shape index (κ2) is 5.24. The number of fused-ring (bicyclic) bond motifs is 1. The van der Waals surface area contributed by atoms with Gasteiger partial charge in [-0.05, 0) is 42.7 Å². The minimum absolute atomic E-state index is 0.0845. The Morgan fingerprint density at radius 3 is 2.85 bits per heavy atom. The molecule has 0 amide bonds. The number of thioether (sulfide) groups is 1. The van der Waals surface area contributed by atoms with Crippen molar-refractivity contribution < 1.29 is 4.39 Å². The van der Waals surface area contributed by atoms with Crippen LogP contribution in [0, 0.1) is 10.6 Å². The standard InChI is InChI=1S/C14H10ClFN2S2/c1-20-9-4-2-3-8(5-9)18-13-6-10(15)11(16)7-12(13)17-14(18)19/h2-7H,1H3,(H,17,19). The Morgan fingerprint density at radius 1 is 1.30 bits per heavy atom. The summed E-state index contributed by atoms with van der Waals surface area (Å²) in [7, 11) is 0. The molecule has 20 heavy (non-hydrogen) atoms. The van der Waals surface area contributed by atoms with Crippen molar-refractivity contribution in [3.8, 4) is 5.69 Å². The lowest BCUT2D eigenvalue weighted by molar-refractivity contribution is 0.630. The number of hydrogen-bond acceptors (Lipinski definition) is 2. The van der Waals surface area contributed by atoms with Gasteiger partial charge in [0.25, 0.3) is 0 Å². The predicted molar refractivity (Wildman–Crippen MR) is 85.2 cm³/mol. The SMILES string of the molecule is CSc1cccc(-n2c(=S)[nH]c3cc(F)c(Cl)cc32)c1. The molecule has 0 aliphatic carbocycles. The highest BCUT2D eigenvalue weighted by molar-refractivity contribution is 7.98. The van der Waals surface area contributed by atoms with Gasteiger partial charge in [-0.1, -0.05) is 17.7 Å². The molecule has 0 fully saturated rings. The van der Waals surface area contributed by atoms with Gasteiger partial charge in [0.1, 0.15) is 5.82 Å². The molecule has 0 unspecified atom stereocenters. The van der Waals surface area contributed by atoms with Gasteiger partial charge in [-0.25, -0.2) is 4.39 Å². The molecule has 1 N–H and O–H groups in total. The number of imidazole rings is 1. The fraction of sp³-hybridized carbons (Fsp3) is 0.0714. The number of halogens is 2. The van der Waals surface area contributed by atoms with E-state index in [4.69, 9.17) is 23.8 Å². The molecule has 102 valence electrons. The molecule has 0 saturated carbocycles. The molecular formula is C14H10ClFN2S2. The van der Waals surface area contributed by atoms with Gasteiger partial charge in [0.05, 0.1) is 16.1 Å². The zero-order valence-corrected chi connectivity index (χ0v) is 12.9. The molecular weight excluding hydrogens is 315 g/mol. The Balaban J connectivity index is 2.32. The highest BCUT2D eigenvalue weighted by Gasteiger charge is 2.10. The third kappa shape index (κ3) is 2.26. The third-order valence-electron chi connectivity index (χ3n) is 3.04. The second-order valence-electron chi connectivity index (χ2n) is 4.25. The van der Waals surface area contributed by atoms with Gasteiger partial charge in [0.2, 0.25) is 0 Å². The fourth-order valence-corrected chi connectivity index (χ4v) is 3.03. The van der Waals surface area contributed by atoms with E-state index in [0.29, 0.717) is 10.3 Å². The molecule has 0 atom stereocenters. The van der Waals surface area contributed by atoms with Crippen LogP contribution in [-0.4, -0.2) is 15.8 Å². The van der Waals surface area contributed by atoms with E-state index in [-0.39, 0.29) is 5.02 Å². The van der Waals surface area contributed by atoms with Crippen LogP contribution in [-0.2, 0) is 0 Å². The highest BCUT2D eigenvalue weighted by Crippen LogP contribution is 2.27. The Morgan fingerprint density at radius 2 is 2.10 bits per heavy atom. The van der Waals surface area contributed by atoms with Gasteiger partial charge in [0.15, 0.2) is 4.77 Å². The van der Waals surface area contributed by atoms with Crippen LogP contribution in [0.5, 0.6) is 0 Å². The fourth-order valence-electron chi connectivity index (χ4n) is 2.11. The smallest absolute Gasteiger partial charge is 0.182 e. The van der Waals surface area contributed by atoms with Gasteiger partial charge in [0, 0.05) is 16.6 Å². The van der Waals surface area contributed by atoms with E-state index in [2.05, 4.69) is 4.98 Å². The van der Waals surface area contributed by atoms with Crippen LogP contribution in [0.2, 0.25) is 5.02 Å². The first-order chi connectivity index (χ1) is 9.60. The van der Waals surface area contributed by atoms with Crippen molar-refractivity contribution in [1.82, 2.24) is 9.55 Å². The Hall–Kier alpha value is -1.30. The van der Waals surface area contributed by atoms with Crippen LogP contribution >= 0.6 is 35.6 Å². The number of aromatic amines is 1. The molecule has 0 radical (unpaired) electrons. The number of benzene rings is 2.